The number of aromatic nitrogens is 4. The van der Waals surface area contributed by atoms with Crippen molar-refractivity contribution in [2.75, 3.05) is 0 Å². The molecule has 2 aromatic heterocycles. The molecule has 0 aliphatic heterocycles. The fraction of sp³-hybridized carbons (Fsp3) is 0.333. The predicted molar refractivity (Wildman–Crippen MR) is 90.9 cm³/mol. The van der Waals surface area contributed by atoms with Gasteiger partial charge in [-0.3, -0.25) is 4.79 Å². The quantitative estimate of drug-likeness (QED) is 0.793. The number of nitrogens with one attached hydrogen (secondary N) is 1. The summed E-state index contributed by atoms with van der Waals surface area (Å²) < 4.78 is 7.03. The van der Waals surface area contributed by atoms with E-state index in [-0.39, 0.29) is 11.9 Å². The lowest BCUT2D eigenvalue weighted by molar-refractivity contribution is 0.0928. The molecule has 7 heteroatoms. The highest BCUT2D eigenvalue weighted by molar-refractivity contribution is 5.92. The summed E-state index contributed by atoms with van der Waals surface area (Å²) in [6, 6.07) is 6.08. The van der Waals surface area contributed by atoms with Crippen LogP contribution in [0.5, 0.6) is 0 Å². The van der Waals surface area contributed by atoms with Crippen LogP contribution in [0.15, 0.2) is 28.9 Å². The lowest BCUT2D eigenvalue weighted by atomic mass is 10.0. The third-order valence-electron chi connectivity index (χ3n) is 4.75. The summed E-state index contributed by atoms with van der Waals surface area (Å²) in [6.45, 7) is 3.68. The molecule has 1 N–H and O–H groups in total. The number of fused-ring (bicyclic) bond motifs is 1. The van der Waals surface area contributed by atoms with Crippen LogP contribution >= 0.6 is 0 Å². The maximum atomic E-state index is 12.5. The van der Waals surface area contributed by atoms with E-state index in [2.05, 4.69) is 26.5 Å². The van der Waals surface area contributed by atoms with Gasteiger partial charge in [-0.15, -0.1) is 0 Å². The van der Waals surface area contributed by atoms with Crippen molar-refractivity contribution in [1.29, 1.82) is 0 Å². The van der Waals surface area contributed by atoms with Gasteiger partial charge >= 0.3 is 0 Å². The summed E-state index contributed by atoms with van der Waals surface area (Å²) in [5.41, 5.74) is 3.84. The van der Waals surface area contributed by atoms with E-state index in [1.807, 2.05) is 26.1 Å². The largest absolute Gasteiger partial charge is 0.344 e. The number of carbonyl (C=O) groups is 1. The Hall–Kier alpha value is -2.96. The fourth-order valence-electron chi connectivity index (χ4n) is 3.26. The standard InChI is InChI=1S/C18H19N5O2/c1-10-20-18(25-22-10)13-4-6-14-12(8-13)5-7-15(14)21-17(24)16-9-19-11(2)23(16)3/h4,6,8-9,15H,5,7H2,1-3H3,(H,21,24). The van der Waals surface area contributed by atoms with Crippen molar-refractivity contribution in [2.24, 2.45) is 7.05 Å². The van der Waals surface area contributed by atoms with Crippen LogP contribution in [-0.2, 0) is 13.5 Å². The molecule has 1 atom stereocenters. The SMILES string of the molecule is Cc1noc(-c2ccc3c(c2)CCC3NC(=O)c2cnc(C)n2C)n1. The Morgan fingerprint density at radius 2 is 2.20 bits per heavy atom. The van der Waals surface area contributed by atoms with Crippen molar-refractivity contribution in [2.45, 2.75) is 32.7 Å². The molecule has 2 heterocycles. The number of imidazole rings is 1. The number of benzene rings is 1. The van der Waals surface area contributed by atoms with E-state index < -0.39 is 0 Å². The number of carbonyl (C=O) groups excluding carboxylic acids is 1. The molecule has 1 aromatic carbocycles. The van der Waals surface area contributed by atoms with E-state index in [1.54, 1.807) is 17.7 Å². The van der Waals surface area contributed by atoms with Crippen molar-refractivity contribution in [3.8, 4) is 11.5 Å². The van der Waals surface area contributed by atoms with Gasteiger partial charge in [0.15, 0.2) is 5.82 Å². The molecule has 3 aromatic rings. The van der Waals surface area contributed by atoms with Crippen LogP contribution in [0, 0.1) is 13.8 Å². The third kappa shape index (κ3) is 2.71. The minimum absolute atomic E-state index is 0.0103. The first kappa shape index (κ1) is 15.6. The monoisotopic (exact) mass is 337 g/mol. The first-order valence-corrected chi connectivity index (χ1v) is 8.25. The molecule has 7 nitrogen and oxygen atoms in total. The Kier molecular flexibility index (Phi) is 3.63. The van der Waals surface area contributed by atoms with Crippen LogP contribution < -0.4 is 5.32 Å². The predicted octanol–water partition coefficient (Wildman–Crippen LogP) is 2.50. The molecule has 0 spiro atoms. The number of nitrogens with zero attached hydrogens (tertiary/aromatic N) is 4. The maximum absolute atomic E-state index is 12.5. The number of aryl methyl sites for hydroxylation is 3. The zero-order valence-corrected chi connectivity index (χ0v) is 14.4. The van der Waals surface area contributed by atoms with Crippen LogP contribution in [0.1, 0.15) is 45.7 Å². The summed E-state index contributed by atoms with van der Waals surface area (Å²) in [4.78, 5) is 21.0. The summed E-state index contributed by atoms with van der Waals surface area (Å²) in [7, 11) is 1.85. The molecule has 25 heavy (non-hydrogen) atoms. The normalized spacial score (nSPS) is 16.0. The van der Waals surface area contributed by atoms with E-state index in [0.29, 0.717) is 17.4 Å². The molecular weight excluding hydrogens is 318 g/mol. The summed E-state index contributed by atoms with van der Waals surface area (Å²) in [5.74, 6) is 1.86. The molecule has 0 radical (unpaired) electrons. The van der Waals surface area contributed by atoms with E-state index in [4.69, 9.17) is 4.52 Å². The Morgan fingerprint density at radius 3 is 2.88 bits per heavy atom. The van der Waals surface area contributed by atoms with Crippen LogP contribution in [0.4, 0.5) is 0 Å². The van der Waals surface area contributed by atoms with Crippen molar-refractivity contribution in [3.05, 3.63) is 52.9 Å². The smallest absolute Gasteiger partial charge is 0.270 e. The molecule has 0 fully saturated rings. The van der Waals surface area contributed by atoms with Gasteiger partial charge in [0.25, 0.3) is 11.8 Å². The average molecular weight is 337 g/mol. The Balaban J connectivity index is 1.56. The van der Waals surface area contributed by atoms with Crippen molar-refractivity contribution in [1.82, 2.24) is 25.0 Å². The van der Waals surface area contributed by atoms with Gasteiger partial charge in [0, 0.05) is 12.6 Å². The summed E-state index contributed by atoms with van der Waals surface area (Å²) in [6.07, 6.45) is 3.40. The second-order valence-corrected chi connectivity index (χ2v) is 6.37. The summed E-state index contributed by atoms with van der Waals surface area (Å²) >= 11 is 0. The van der Waals surface area contributed by atoms with Gasteiger partial charge in [0.2, 0.25) is 0 Å². The van der Waals surface area contributed by atoms with Gasteiger partial charge in [-0.2, -0.15) is 4.98 Å². The Bertz CT molecular complexity index is 956. The van der Waals surface area contributed by atoms with E-state index in [0.717, 1.165) is 29.8 Å². The molecule has 4 rings (SSSR count). The lowest BCUT2D eigenvalue weighted by Crippen LogP contribution is -2.28. The van der Waals surface area contributed by atoms with E-state index in [1.165, 1.54) is 5.56 Å². The summed E-state index contributed by atoms with van der Waals surface area (Å²) in [5, 5.41) is 6.95. The fourth-order valence-corrected chi connectivity index (χ4v) is 3.26. The van der Waals surface area contributed by atoms with Gasteiger partial charge in [-0.1, -0.05) is 11.2 Å². The minimum atomic E-state index is -0.0995. The van der Waals surface area contributed by atoms with Crippen LogP contribution in [0.2, 0.25) is 0 Å². The molecule has 1 aliphatic rings. The van der Waals surface area contributed by atoms with Crippen molar-refractivity contribution < 1.29 is 9.32 Å². The average Bonchev–Trinajstić information content (AvgIpc) is 3.28. The zero-order valence-electron chi connectivity index (χ0n) is 14.4. The number of rotatable bonds is 3. The minimum Gasteiger partial charge on any atom is -0.344 e. The number of hydrogen-bond donors (Lipinski definition) is 1. The molecule has 1 unspecified atom stereocenters. The van der Waals surface area contributed by atoms with Crippen LogP contribution in [0.25, 0.3) is 11.5 Å². The van der Waals surface area contributed by atoms with Crippen molar-refractivity contribution >= 4 is 5.91 Å². The third-order valence-corrected chi connectivity index (χ3v) is 4.75. The molecule has 0 bridgehead atoms. The highest BCUT2D eigenvalue weighted by Crippen LogP contribution is 2.34. The first-order chi connectivity index (χ1) is 12.0. The first-order valence-electron chi connectivity index (χ1n) is 8.25. The second-order valence-electron chi connectivity index (χ2n) is 6.37. The molecule has 128 valence electrons. The molecule has 0 saturated carbocycles. The molecular formula is C18H19N5O2. The lowest BCUT2D eigenvalue weighted by Gasteiger charge is -2.14. The van der Waals surface area contributed by atoms with E-state index >= 15 is 0 Å². The van der Waals surface area contributed by atoms with Gasteiger partial charge in [0.1, 0.15) is 11.5 Å². The molecule has 0 saturated heterocycles. The van der Waals surface area contributed by atoms with Crippen LogP contribution in [-0.4, -0.2) is 25.6 Å². The second kappa shape index (κ2) is 5.84. The zero-order chi connectivity index (χ0) is 17.6. The van der Waals surface area contributed by atoms with Gasteiger partial charge in [0.05, 0.1) is 12.2 Å². The molecule has 1 aliphatic carbocycles. The van der Waals surface area contributed by atoms with Gasteiger partial charge in [-0.05, 0) is 49.9 Å². The Labute approximate surface area is 145 Å². The molecule has 1 amide bonds. The highest BCUT2D eigenvalue weighted by Gasteiger charge is 2.26. The Morgan fingerprint density at radius 1 is 1.36 bits per heavy atom. The highest BCUT2D eigenvalue weighted by atomic mass is 16.5. The number of hydrogen-bond acceptors (Lipinski definition) is 5. The van der Waals surface area contributed by atoms with Crippen molar-refractivity contribution in [3.63, 3.8) is 0 Å². The van der Waals surface area contributed by atoms with Gasteiger partial charge < -0.3 is 14.4 Å². The maximum Gasteiger partial charge on any atom is 0.270 e. The number of amides is 1. The van der Waals surface area contributed by atoms with Gasteiger partial charge in [-0.25, -0.2) is 4.98 Å². The topological polar surface area (TPSA) is 85.8 Å². The van der Waals surface area contributed by atoms with E-state index in [9.17, 15) is 4.79 Å². The van der Waals surface area contributed by atoms with Crippen LogP contribution in [0.3, 0.4) is 0 Å².